The van der Waals surface area contributed by atoms with Crippen LogP contribution in [0.3, 0.4) is 0 Å². The number of aromatic nitrogens is 2. The molecule has 6 heteroatoms. The van der Waals surface area contributed by atoms with Crippen molar-refractivity contribution in [1.29, 1.82) is 0 Å². The van der Waals surface area contributed by atoms with Crippen molar-refractivity contribution in [2.24, 2.45) is 0 Å². The molecule has 2 aromatic rings. The van der Waals surface area contributed by atoms with E-state index in [-0.39, 0.29) is 11.7 Å². The Morgan fingerprint density at radius 1 is 1.27 bits per heavy atom. The van der Waals surface area contributed by atoms with Gasteiger partial charge in [-0.15, -0.1) is 0 Å². The molecular formula is C20H25FN4O. The van der Waals surface area contributed by atoms with Crippen LogP contribution in [0.2, 0.25) is 0 Å². The Balaban J connectivity index is 1.56. The molecule has 0 saturated carbocycles. The van der Waals surface area contributed by atoms with Crippen molar-refractivity contribution in [2.45, 2.75) is 45.1 Å². The van der Waals surface area contributed by atoms with Crippen molar-refractivity contribution >= 4 is 11.9 Å². The maximum Gasteiger partial charge on any atom is 0.257 e. The van der Waals surface area contributed by atoms with Gasteiger partial charge in [-0.25, -0.2) is 14.4 Å². The van der Waals surface area contributed by atoms with Crippen molar-refractivity contribution in [3.8, 4) is 0 Å². The molecule has 1 aliphatic heterocycles. The molecule has 1 aromatic carbocycles. The van der Waals surface area contributed by atoms with E-state index >= 15 is 0 Å². The van der Waals surface area contributed by atoms with E-state index in [2.05, 4.69) is 22.2 Å². The van der Waals surface area contributed by atoms with Gasteiger partial charge in [0.2, 0.25) is 5.95 Å². The van der Waals surface area contributed by atoms with Crippen LogP contribution in [0.1, 0.15) is 48.5 Å². The van der Waals surface area contributed by atoms with Gasteiger partial charge in [-0.3, -0.25) is 4.79 Å². The minimum atomic E-state index is -0.205. The molecule has 1 saturated heterocycles. The topological polar surface area (TPSA) is 58.1 Å². The SMILES string of the molecule is CCC1CCCCN1C(=O)c1cnc(NCCc2ccccc2F)nc1. The quantitative estimate of drug-likeness (QED) is 0.858. The fourth-order valence-electron chi connectivity index (χ4n) is 3.40. The highest BCUT2D eigenvalue weighted by Crippen LogP contribution is 2.21. The molecule has 1 aliphatic rings. The summed E-state index contributed by atoms with van der Waals surface area (Å²) in [4.78, 5) is 23.1. The first kappa shape index (κ1) is 18.3. The molecular weight excluding hydrogens is 331 g/mol. The lowest BCUT2D eigenvalue weighted by atomic mass is 9.99. The van der Waals surface area contributed by atoms with Gasteiger partial charge in [0, 0.05) is 31.5 Å². The van der Waals surface area contributed by atoms with E-state index < -0.39 is 0 Å². The maximum absolute atomic E-state index is 13.6. The van der Waals surface area contributed by atoms with E-state index in [0.717, 1.165) is 25.8 Å². The molecule has 26 heavy (non-hydrogen) atoms. The summed E-state index contributed by atoms with van der Waals surface area (Å²) in [5.41, 5.74) is 1.17. The normalized spacial score (nSPS) is 17.2. The molecule has 0 aliphatic carbocycles. The third-order valence-electron chi connectivity index (χ3n) is 4.89. The minimum absolute atomic E-state index is 0.00876. The van der Waals surface area contributed by atoms with E-state index in [1.807, 2.05) is 11.0 Å². The number of carbonyl (C=O) groups excluding carboxylic acids is 1. The van der Waals surface area contributed by atoms with Gasteiger partial charge in [-0.1, -0.05) is 25.1 Å². The number of nitrogens with zero attached hydrogens (tertiary/aromatic N) is 3. The molecule has 1 N–H and O–H groups in total. The van der Waals surface area contributed by atoms with Crippen LogP contribution < -0.4 is 5.32 Å². The number of hydrogen-bond donors (Lipinski definition) is 1. The van der Waals surface area contributed by atoms with Crippen molar-refractivity contribution in [2.75, 3.05) is 18.4 Å². The van der Waals surface area contributed by atoms with Crippen LogP contribution in [0.5, 0.6) is 0 Å². The molecule has 2 heterocycles. The molecule has 3 rings (SSSR count). The van der Waals surface area contributed by atoms with Crippen LogP contribution in [0, 0.1) is 5.82 Å². The van der Waals surface area contributed by atoms with Crippen LogP contribution in [0.25, 0.3) is 0 Å². The Kier molecular flexibility index (Phi) is 6.15. The average molecular weight is 356 g/mol. The van der Waals surface area contributed by atoms with Crippen LogP contribution >= 0.6 is 0 Å². The number of hydrogen-bond acceptors (Lipinski definition) is 4. The number of likely N-dealkylation sites (tertiary alicyclic amines) is 1. The highest BCUT2D eigenvalue weighted by molar-refractivity contribution is 5.94. The number of piperidine rings is 1. The van der Waals surface area contributed by atoms with E-state index in [1.54, 1.807) is 24.5 Å². The Labute approximate surface area is 153 Å². The predicted molar refractivity (Wildman–Crippen MR) is 99.6 cm³/mol. The second-order valence-corrected chi connectivity index (χ2v) is 6.62. The molecule has 1 unspecified atom stereocenters. The minimum Gasteiger partial charge on any atom is -0.354 e. The second-order valence-electron chi connectivity index (χ2n) is 6.62. The van der Waals surface area contributed by atoms with Crippen molar-refractivity contribution < 1.29 is 9.18 Å². The van der Waals surface area contributed by atoms with Gasteiger partial charge in [0.05, 0.1) is 5.56 Å². The summed E-state index contributed by atoms with van der Waals surface area (Å²) in [6, 6.07) is 7.03. The first-order valence-corrected chi connectivity index (χ1v) is 9.29. The fourth-order valence-corrected chi connectivity index (χ4v) is 3.40. The number of benzene rings is 1. The zero-order valence-corrected chi connectivity index (χ0v) is 15.1. The average Bonchev–Trinajstić information content (AvgIpc) is 2.69. The predicted octanol–water partition coefficient (Wildman–Crippen LogP) is 3.68. The van der Waals surface area contributed by atoms with Crippen molar-refractivity contribution in [3.63, 3.8) is 0 Å². The Bertz CT molecular complexity index is 735. The fraction of sp³-hybridized carbons (Fsp3) is 0.450. The van der Waals surface area contributed by atoms with Crippen molar-refractivity contribution in [1.82, 2.24) is 14.9 Å². The van der Waals surface area contributed by atoms with Gasteiger partial charge >= 0.3 is 0 Å². The number of carbonyl (C=O) groups is 1. The molecule has 1 aromatic heterocycles. The van der Waals surface area contributed by atoms with Crippen LogP contribution in [-0.2, 0) is 6.42 Å². The molecule has 0 radical (unpaired) electrons. The number of amides is 1. The van der Waals surface area contributed by atoms with Gasteiger partial charge in [-0.05, 0) is 43.7 Å². The zero-order chi connectivity index (χ0) is 18.4. The molecule has 0 bridgehead atoms. The highest BCUT2D eigenvalue weighted by atomic mass is 19.1. The molecule has 138 valence electrons. The maximum atomic E-state index is 13.6. The van der Waals surface area contributed by atoms with E-state index in [0.29, 0.717) is 36.1 Å². The molecule has 0 spiro atoms. The number of halogens is 1. The largest absolute Gasteiger partial charge is 0.354 e. The Morgan fingerprint density at radius 3 is 2.77 bits per heavy atom. The van der Waals surface area contributed by atoms with Gasteiger partial charge in [0.15, 0.2) is 0 Å². The summed E-state index contributed by atoms with van der Waals surface area (Å²) in [5, 5.41) is 3.07. The number of rotatable bonds is 6. The summed E-state index contributed by atoms with van der Waals surface area (Å²) in [5.74, 6) is 0.251. The third-order valence-corrected chi connectivity index (χ3v) is 4.89. The molecule has 1 fully saturated rings. The summed E-state index contributed by atoms with van der Waals surface area (Å²) in [6.07, 6.45) is 7.97. The van der Waals surface area contributed by atoms with Gasteiger partial charge in [0.1, 0.15) is 5.82 Å². The van der Waals surface area contributed by atoms with Gasteiger partial charge in [0.25, 0.3) is 5.91 Å². The smallest absolute Gasteiger partial charge is 0.257 e. The zero-order valence-electron chi connectivity index (χ0n) is 15.1. The monoisotopic (exact) mass is 356 g/mol. The lowest BCUT2D eigenvalue weighted by Gasteiger charge is -2.35. The Morgan fingerprint density at radius 2 is 2.04 bits per heavy atom. The molecule has 1 atom stereocenters. The van der Waals surface area contributed by atoms with Crippen LogP contribution in [0.15, 0.2) is 36.7 Å². The molecule has 1 amide bonds. The van der Waals surface area contributed by atoms with Gasteiger partial charge in [-0.2, -0.15) is 0 Å². The highest BCUT2D eigenvalue weighted by Gasteiger charge is 2.26. The third kappa shape index (κ3) is 4.36. The first-order valence-electron chi connectivity index (χ1n) is 9.29. The summed E-state index contributed by atoms with van der Waals surface area (Å²) in [6.45, 7) is 3.45. The van der Waals surface area contributed by atoms with Gasteiger partial charge < -0.3 is 10.2 Å². The summed E-state index contributed by atoms with van der Waals surface area (Å²) in [7, 11) is 0. The summed E-state index contributed by atoms with van der Waals surface area (Å²) >= 11 is 0. The van der Waals surface area contributed by atoms with Crippen LogP contribution in [-0.4, -0.2) is 39.9 Å². The lowest BCUT2D eigenvalue weighted by molar-refractivity contribution is 0.0607. The lowest BCUT2D eigenvalue weighted by Crippen LogP contribution is -2.43. The standard InChI is InChI=1S/C20H25FN4O/c1-2-17-8-5-6-12-25(17)19(26)16-13-23-20(24-14-16)22-11-10-15-7-3-4-9-18(15)21/h3-4,7,9,13-14,17H,2,5-6,8,10-12H2,1H3,(H,22,23,24). The number of anilines is 1. The molecule has 5 nitrogen and oxygen atoms in total. The van der Waals surface area contributed by atoms with Crippen LogP contribution in [0.4, 0.5) is 10.3 Å². The first-order chi connectivity index (χ1) is 12.7. The number of nitrogens with one attached hydrogen (secondary N) is 1. The van der Waals surface area contributed by atoms with E-state index in [4.69, 9.17) is 0 Å². The Hall–Kier alpha value is -2.50. The second kappa shape index (κ2) is 8.74. The van der Waals surface area contributed by atoms with E-state index in [1.165, 1.54) is 12.5 Å². The summed E-state index contributed by atoms with van der Waals surface area (Å²) < 4.78 is 13.6. The van der Waals surface area contributed by atoms with Crippen molar-refractivity contribution in [3.05, 3.63) is 53.6 Å². The van der Waals surface area contributed by atoms with E-state index in [9.17, 15) is 9.18 Å².